The summed E-state index contributed by atoms with van der Waals surface area (Å²) in [7, 11) is 0. The standard InChI is InChI=1S/C22H18N4O5/c23-19(24)12-1-5-17(6-2-12)30-21(28)14-9-15(11-16(27)10-14)22(29)31-18-7-3-13(4-8-18)20(25)26/h1-11,27H,(H3,23,24)(H3,25,26). The van der Waals surface area contributed by atoms with Gasteiger partial charge in [-0.2, -0.15) is 0 Å². The first kappa shape index (κ1) is 21.1. The van der Waals surface area contributed by atoms with Gasteiger partial charge in [0.15, 0.2) is 0 Å². The normalized spacial score (nSPS) is 10.2. The van der Waals surface area contributed by atoms with Crippen LogP contribution in [0.2, 0.25) is 0 Å². The molecular weight excluding hydrogens is 400 g/mol. The summed E-state index contributed by atoms with van der Waals surface area (Å²) in [5.41, 5.74) is 11.6. The number of phenols is 1. The van der Waals surface area contributed by atoms with Crippen molar-refractivity contribution >= 4 is 23.6 Å². The molecule has 0 aliphatic heterocycles. The smallest absolute Gasteiger partial charge is 0.343 e. The SMILES string of the molecule is N=C(N)c1ccc(OC(=O)c2cc(O)cc(C(=O)Oc3ccc(C(=N)N)cc3)c2)cc1. The number of rotatable bonds is 6. The van der Waals surface area contributed by atoms with E-state index in [0.717, 1.165) is 12.1 Å². The maximum Gasteiger partial charge on any atom is 0.343 e. The van der Waals surface area contributed by atoms with Gasteiger partial charge in [0.2, 0.25) is 0 Å². The van der Waals surface area contributed by atoms with E-state index >= 15 is 0 Å². The van der Waals surface area contributed by atoms with Crippen LogP contribution in [0.5, 0.6) is 17.2 Å². The molecular formula is C22H18N4O5. The van der Waals surface area contributed by atoms with Crippen molar-refractivity contribution in [2.24, 2.45) is 11.5 Å². The Hall–Kier alpha value is -4.66. The number of carbonyl (C=O) groups is 2. The van der Waals surface area contributed by atoms with E-state index in [2.05, 4.69) is 0 Å². The number of hydrogen-bond donors (Lipinski definition) is 5. The molecule has 0 amide bonds. The summed E-state index contributed by atoms with van der Waals surface area (Å²) in [5, 5.41) is 24.7. The van der Waals surface area contributed by atoms with Gasteiger partial charge < -0.3 is 26.0 Å². The van der Waals surface area contributed by atoms with Crippen molar-refractivity contribution in [3.05, 3.63) is 89.0 Å². The molecule has 0 fully saturated rings. The molecule has 3 aromatic rings. The lowest BCUT2D eigenvalue weighted by atomic mass is 10.1. The molecule has 3 aromatic carbocycles. The van der Waals surface area contributed by atoms with Gasteiger partial charge in [0.1, 0.15) is 28.9 Å². The molecule has 0 saturated heterocycles. The molecule has 0 spiro atoms. The van der Waals surface area contributed by atoms with Crippen LogP contribution in [0.4, 0.5) is 0 Å². The minimum absolute atomic E-state index is 0.0606. The number of ether oxygens (including phenoxy) is 2. The van der Waals surface area contributed by atoms with Gasteiger partial charge in [-0.25, -0.2) is 9.59 Å². The van der Waals surface area contributed by atoms with E-state index < -0.39 is 11.9 Å². The summed E-state index contributed by atoms with van der Waals surface area (Å²) in [5.74, 6) is -1.76. The molecule has 3 rings (SSSR count). The van der Waals surface area contributed by atoms with E-state index in [9.17, 15) is 14.7 Å². The number of carbonyl (C=O) groups excluding carboxylic acids is 2. The quantitative estimate of drug-likeness (QED) is 0.177. The van der Waals surface area contributed by atoms with E-state index in [0.29, 0.717) is 11.1 Å². The Bertz CT molecular complexity index is 1080. The number of nitrogens with one attached hydrogen (secondary N) is 2. The molecule has 0 radical (unpaired) electrons. The number of hydrogen-bond acceptors (Lipinski definition) is 7. The first-order valence-electron chi connectivity index (χ1n) is 8.90. The van der Waals surface area contributed by atoms with Gasteiger partial charge in [-0.15, -0.1) is 0 Å². The highest BCUT2D eigenvalue weighted by atomic mass is 16.5. The molecule has 31 heavy (non-hydrogen) atoms. The zero-order chi connectivity index (χ0) is 22.5. The Morgan fingerprint density at radius 3 is 1.32 bits per heavy atom. The van der Waals surface area contributed by atoms with Crippen molar-refractivity contribution in [2.45, 2.75) is 0 Å². The first-order valence-corrected chi connectivity index (χ1v) is 8.90. The van der Waals surface area contributed by atoms with Crippen LogP contribution < -0.4 is 20.9 Å². The molecule has 0 aliphatic carbocycles. The lowest BCUT2D eigenvalue weighted by Gasteiger charge is -2.09. The van der Waals surface area contributed by atoms with Crippen LogP contribution in [-0.4, -0.2) is 28.7 Å². The third-order valence-electron chi connectivity index (χ3n) is 4.14. The minimum Gasteiger partial charge on any atom is -0.508 e. The summed E-state index contributed by atoms with van der Waals surface area (Å²) in [6, 6.07) is 15.5. The summed E-state index contributed by atoms with van der Waals surface area (Å²) >= 11 is 0. The van der Waals surface area contributed by atoms with E-state index in [1.807, 2.05) is 0 Å². The minimum atomic E-state index is -0.800. The number of amidine groups is 2. The van der Waals surface area contributed by atoms with E-state index in [4.69, 9.17) is 31.8 Å². The molecule has 0 saturated carbocycles. The predicted molar refractivity (Wildman–Crippen MR) is 113 cm³/mol. The highest BCUT2D eigenvalue weighted by molar-refractivity contribution is 5.98. The lowest BCUT2D eigenvalue weighted by molar-refractivity contribution is 0.0734. The molecule has 0 atom stereocenters. The van der Waals surface area contributed by atoms with Crippen molar-refractivity contribution in [1.29, 1.82) is 10.8 Å². The molecule has 0 unspecified atom stereocenters. The molecule has 156 valence electrons. The van der Waals surface area contributed by atoms with E-state index in [1.165, 1.54) is 54.6 Å². The average Bonchev–Trinajstić information content (AvgIpc) is 2.74. The second-order valence-electron chi connectivity index (χ2n) is 6.42. The topological polar surface area (TPSA) is 173 Å². The second kappa shape index (κ2) is 8.78. The Morgan fingerprint density at radius 1 is 0.645 bits per heavy atom. The number of nitrogen functional groups attached to an aromatic ring is 2. The van der Waals surface area contributed by atoms with E-state index in [-0.39, 0.29) is 40.0 Å². The van der Waals surface area contributed by atoms with Gasteiger partial charge in [-0.1, -0.05) is 0 Å². The van der Waals surface area contributed by atoms with Gasteiger partial charge in [-0.3, -0.25) is 10.8 Å². The number of phenolic OH excluding ortho intramolecular Hbond substituents is 1. The number of aromatic hydroxyl groups is 1. The summed E-state index contributed by atoms with van der Waals surface area (Å²) < 4.78 is 10.5. The fourth-order valence-corrected chi connectivity index (χ4v) is 2.58. The van der Waals surface area contributed by atoms with Gasteiger partial charge in [-0.05, 0) is 66.7 Å². The molecule has 0 aromatic heterocycles. The Morgan fingerprint density at radius 2 is 1.00 bits per heavy atom. The fraction of sp³-hybridized carbons (Fsp3) is 0. The van der Waals surface area contributed by atoms with E-state index in [1.54, 1.807) is 0 Å². The molecule has 9 heteroatoms. The predicted octanol–water partition coefficient (Wildman–Crippen LogP) is 2.40. The van der Waals surface area contributed by atoms with Crippen LogP contribution in [-0.2, 0) is 0 Å². The Balaban J connectivity index is 1.75. The van der Waals surface area contributed by atoms with Crippen LogP contribution in [0.1, 0.15) is 31.8 Å². The third-order valence-corrected chi connectivity index (χ3v) is 4.14. The Kier molecular flexibility index (Phi) is 5.97. The van der Waals surface area contributed by atoms with Gasteiger partial charge in [0, 0.05) is 11.1 Å². The second-order valence-corrected chi connectivity index (χ2v) is 6.42. The number of nitrogens with two attached hydrogens (primary N) is 2. The van der Waals surface area contributed by atoms with Crippen molar-refractivity contribution < 1.29 is 24.2 Å². The summed E-state index contributed by atoms with van der Waals surface area (Å²) in [4.78, 5) is 24.9. The number of esters is 2. The van der Waals surface area contributed by atoms with Crippen molar-refractivity contribution in [2.75, 3.05) is 0 Å². The van der Waals surface area contributed by atoms with Crippen LogP contribution in [0, 0.1) is 10.8 Å². The molecule has 0 aliphatic rings. The van der Waals surface area contributed by atoms with Crippen molar-refractivity contribution in [3.8, 4) is 17.2 Å². The highest BCUT2D eigenvalue weighted by Crippen LogP contribution is 2.21. The van der Waals surface area contributed by atoms with Crippen LogP contribution in [0.3, 0.4) is 0 Å². The van der Waals surface area contributed by atoms with Gasteiger partial charge in [0.25, 0.3) is 0 Å². The zero-order valence-electron chi connectivity index (χ0n) is 16.1. The zero-order valence-corrected chi connectivity index (χ0v) is 16.1. The summed E-state index contributed by atoms with van der Waals surface area (Å²) in [6.07, 6.45) is 0. The average molecular weight is 418 g/mol. The molecule has 9 nitrogen and oxygen atoms in total. The molecule has 7 N–H and O–H groups in total. The van der Waals surface area contributed by atoms with Gasteiger partial charge >= 0.3 is 11.9 Å². The number of benzene rings is 3. The van der Waals surface area contributed by atoms with Gasteiger partial charge in [0.05, 0.1) is 11.1 Å². The fourth-order valence-electron chi connectivity index (χ4n) is 2.58. The third kappa shape index (κ3) is 5.24. The molecule has 0 bridgehead atoms. The van der Waals surface area contributed by atoms with Crippen molar-refractivity contribution in [1.82, 2.24) is 0 Å². The Labute approximate surface area is 176 Å². The highest BCUT2D eigenvalue weighted by Gasteiger charge is 2.16. The summed E-state index contributed by atoms with van der Waals surface area (Å²) in [6.45, 7) is 0. The first-order chi connectivity index (χ1) is 14.7. The van der Waals surface area contributed by atoms with Crippen LogP contribution >= 0.6 is 0 Å². The maximum absolute atomic E-state index is 12.4. The maximum atomic E-state index is 12.4. The molecule has 0 heterocycles. The largest absolute Gasteiger partial charge is 0.508 e. The monoisotopic (exact) mass is 418 g/mol. The van der Waals surface area contributed by atoms with Crippen LogP contribution in [0.25, 0.3) is 0 Å². The van der Waals surface area contributed by atoms with Crippen LogP contribution in [0.15, 0.2) is 66.7 Å². The van der Waals surface area contributed by atoms with Crippen molar-refractivity contribution in [3.63, 3.8) is 0 Å². The lowest BCUT2D eigenvalue weighted by Crippen LogP contribution is -2.14.